The lowest BCUT2D eigenvalue weighted by Crippen LogP contribution is -2.16. The molecule has 15 heavy (non-hydrogen) atoms. The summed E-state index contributed by atoms with van der Waals surface area (Å²) in [6.45, 7) is 1.46. The molecule has 0 heterocycles. The van der Waals surface area contributed by atoms with Crippen molar-refractivity contribution in [3.8, 4) is 0 Å². The molecule has 0 saturated carbocycles. The van der Waals surface area contributed by atoms with Crippen molar-refractivity contribution < 1.29 is 22.8 Å². The number of rotatable bonds is 7. The number of aliphatic hydroxyl groups is 2. The van der Waals surface area contributed by atoms with Crippen LogP contribution in [0.4, 0.5) is 0 Å². The highest BCUT2D eigenvalue weighted by atomic mass is 32.2. The normalized spacial score (nSPS) is 16.8. The lowest BCUT2D eigenvalue weighted by Gasteiger charge is -2.11. The van der Waals surface area contributed by atoms with Crippen LogP contribution in [0, 0.1) is 0 Å². The Morgan fingerprint density at radius 1 is 1.47 bits per heavy atom. The summed E-state index contributed by atoms with van der Waals surface area (Å²) < 4.78 is 26.4. The maximum Gasteiger partial charge on any atom is 0.264 e. The van der Waals surface area contributed by atoms with Crippen LogP contribution in [0.3, 0.4) is 0 Å². The Balaban J connectivity index is 4.07. The van der Waals surface area contributed by atoms with Gasteiger partial charge in [-0.3, -0.25) is 4.18 Å². The molecule has 2 atom stereocenters. The van der Waals surface area contributed by atoms with Gasteiger partial charge < -0.3 is 10.2 Å². The van der Waals surface area contributed by atoms with Crippen LogP contribution < -0.4 is 0 Å². The van der Waals surface area contributed by atoms with Gasteiger partial charge in [-0.2, -0.15) is 8.42 Å². The van der Waals surface area contributed by atoms with Crippen molar-refractivity contribution >= 4 is 10.1 Å². The average molecular weight is 238 g/mol. The molecule has 0 fully saturated rings. The molecular formula is C9H18O5S. The van der Waals surface area contributed by atoms with Crippen LogP contribution in [0.25, 0.3) is 0 Å². The van der Waals surface area contributed by atoms with E-state index in [2.05, 4.69) is 0 Å². The summed E-state index contributed by atoms with van der Waals surface area (Å²) in [6, 6.07) is 0. The molecule has 0 aliphatic rings. The summed E-state index contributed by atoms with van der Waals surface area (Å²) in [7, 11) is -3.44. The van der Waals surface area contributed by atoms with Crippen molar-refractivity contribution in [1.82, 2.24) is 0 Å². The van der Waals surface area contributed by atoms with Gasteiger partial charge in [0.2, 0.25) is 0 Å². The summed E-state index contributed by atoms with van der Waals surface area (Å²) in [6.07, 6.45) is 3.65. The van der Waals surface area contributed by atoms with Gasteiger partial charge in [-0.25, -0.2) is 0 Å². The Morgan fingerprint density at radius 3 is 2.47 bits per heavy atom. The van der Waals surface area contributed by atoms with Crippen molar-refractivity contribution in [3.05, 3.63) is 12.2 Å². The first-order chi connectivity index (χ1) is 6.89. The maximum atomic E-state index is 10.8. The van der Waals surface area contributed by atoms with Gasteiger partial charge in [-0.05, 0) is 12.8 Å². The Bertz CT molecular complexity index is 283. The standard InChI is InChI=1S/C9H18O5S/c1-3-9(14-15(2,12)13)6-4-5-8(11)7-10/h4-5,8-11H,3,6-7H2,1-2H3/b5-4-/t8-,9+/m0/s1. The molecule has 2 N–H and O–H groups in total. The Hall–Kier alpha value is -0.430. The van der Waals surface area contributed by atoms with Crippen LogP contribution in [0.1, 0.15) is 19.8 Å². The van der Waals surface area contributed by atoms with Gasteiger partial charge in [0, 0.05) is 0 Å². The monoisotopic (exact) mass is 238 g/mol. The van der Waals surface area contributed by atoms with E-state index in [9.17, 15) is 8.42 Å². The smallest absolute Gasteiger partial charge is 0.264 e. The Kier molecular flexibility index (Phi) is 6.75. The van der Waals surface area contributed by atoms with E-state index in [-0.39, 0.29) is 6.61 Å². The predicted octanol–water partition coefficient (Wildman–Crippen LogP) is 0.0407. The lowest BCUT2D eigenvalue weighted by molar-refractivity contribution is 0.130. The highest BCUT2D eigenvalue weighted by molar-refractivity contribution is 7.86. The quantitative estimate of drug-likeness (QED) is 0.483. The third kappa shape index (κ3) is 8.56. The van der Waals surface area contributed by atoms with Gasteiger partial charge in [-0.1, -0.05) is 19.1 Å². The van der Waals surface area contributed by atoms with E-state index in [0.29, 0.717) is 12.8 Å². The van der Waals surface area contributed by atoms with Crippen LogP contribution in [0.2, 0.25) is 0 Å². The van der Waals surface area contributed by atoms with E-state index in [1.54, 1.807) is 6.08 Å². The Labute approximate surface area is 90.5 Å². The minimum absolute atomic E-state index is 0.347. The Morgan fingerprint density at radius 2 is 2.07 bits per heavy atom. The molecule has 0 radical (unpaired) electrons. The molecule has 0 rings (SSSR count). The molecule has 0 amide bonds. The van der Waals surface area contributed by atoms with E-state index in [4.69, 9.17) is 14.4 Å². The van der Waals surface area contributed by atoms with Crippen LogP contribution in [0.5, 0.6) is 0 Å². The first-order valence-corrected chi connectivity index (χ1v) is 6.54. The average Bonchev–Trinajstić information content (AvgIpc) is 2.14. The zero-order valence-corrected chi connectivity index (χ0v) is 9.77. The number of hydrogen-bond donors (Lipinski definition) is 2. The molecule has 5 nitrogen and oxygen atoms in total. The van der Waals surface area contributed by atoms with Gasteiger partial charge in [-0.15, -0.1) is 0 Å². The molecule has 0 bridgehead atoms. The van der Waals surface area contributed by atoms with E-state index >= 15 is 0 Å². The molecule has 6 heteroatoms. The minimum Gasteiger partial charge on any atom is -0.393 e. The lowest BCUT2D eigenvalue weighted by atomic mass is 10.2. The zero-order chi connectivity index (χ0) is 11.9. The van der Waals surface area contributed by atoms with Crippen LogP contribution in [-0.4, -0.2) is 43.7 Å². The number of aliphatic hydroxyl groups excluding tert-OH is 2. The molecule has 0 aliphatic heterocycles. The molecule has 0 aromatic heterocycles. The molecular weight excluding hydrogens is 220 g/mol. The van der Waals surface area contributed by atoms with Gasteiger partial charge in [0.05, 0.1) is 25.1 Å². The topological polar surface area (TPSA) is 83.8 Å². The summed E-state index contributed by atoms with van der Waals surface area (Å²) in [4.78, 5) is 0. The van der Waals surface area contributed by atoms with Crippen molar-refractivity contribution in [2.75, 3.05) is 12.9 Å². The fraction of sp³-hybridized carbons (Fsp3) is 0.778. The summed E-state index contributed by atoms with van der Waals surface area (Å²) in [5.74, 6) is 0. The van der Waals surface area contributed by atoms with Gasteiger partial charge in [0.25, 0.3) is 10.1 Å². The third-order valence-corrected chi connectivity index (χ3v) is 2.33. The summed E-state index contributed by atoms with van der Waals surface area (Å²) >= 11 is 0. The molecule has 0 spiro atoms. The van der Waals surface area contributed by atoms with Crippen molar-refractivity contribution in [2.24, 2.45) is 0 Å². The molecule has 0 aromatic carbocycles. The first kappa shape index (κ1) is 14.6. The second-order valence-electron chi connectivity index (χ2n) is 3.24. The maximum absolute atomic E-state index is 10.8. The van der Waals surface area contributed by atoms with Gasteiger partial charge in [0.1, 0.15) is 0 Å². The second-order valence-corrected chi connectivity index (χ2v) is 4.85. The summed E-state index contributed by atoms with van der Waals surface area (Å²) in [5.41, 5.74) is 0. The highest BCUT2D eigenvalue weighted by Crippen LogP contribution is 2.08. The van der Waals surface area contributed by atoms with Crippen LogP contribution in [0.15, 0.2) is 12.2 Å². The third-order valence-electron chi connectivity index (χ3n) is 1.71. The number of hydrogen-bond acceptors (Lipinski definition) is 5. The molecule has 0 aliphatic carbocycles. The van der Waals surface area contributed by atoms with E-state index in [0.717, 1.165) is 6.26 Å². The van der Waals surface area contributed by atoms with Crippen molar-refractivity contribution in [2.45, 2.75) is 32.0 Å². The second kappa shape index (κ2) is 6.95. The van der Waals surface area contributed by atoms with Crippen LogP contribution in [-0.2, 0) is 14.3 Å². The van der Waals surface area contributed by atoms with E-state index in [1.165, 1.54) is 6.08 Å². The fourth-order valence-corrected chi connectivity index (χ4v) is 1.68. The van der Waals surface area contributed by atoms with Crippen LogP contribution >= 0.6 is 0 Å². The van der Waals surface area contributed by atoms with Gasteiger partial charge in [0.15, 0.2) is 0 Å². The fourth-order valence-electron chi connectivity index (χ4n) is 0.969. The molecule has 0 saturated heterocycles. The molecule has 90 valence electrons. The van der Waals surface area contributed by atoms with E-state index in [1.807, 2.05) is 6.92 Å². The van der Waals surface area contributed by atoms with E-state index < -0.39 is 22.3 Å². The largest absolute Gasteiger partial charge is 0.393 e. The first-order valence-electron chi connectivity index (χ1n) is 4.73. The highest BCUT2D eigenvalue weighted by Gasteiger charge is 2.11. The minimum atomic E-state index is -3.44. The molecule has 0 unspecified atom stereocenters. The van der Waals surface area contributed by atoms with Crippen molar-refractivity contribution in [1.29, 1.82) is 0 Å². The summed E-state index contributed by atoms with van der Waals surface area (Å²) in [5, 5.41) is 17.5. The van der Waals surface area contributed by atoms with Crippen molar-refractivity contribution in [3.63, 3.8) is 0 Å². The predicted molar refractivity (Wildman–Crippen MR) is 56.9 cm³/mol. The SMILES string of the molecule is CC[C@H](C/C=C\[C@H](O)CO)OS(C)(=O)=O. The zero-order valence-electron chi connectivity index (χ0n) is 8.96. The van der Waals surface area contributed by atoms with Gasteiger partial charge >= 0.3 is 0 Å². The molecule has 0 aromatic rings.